The Morgan fingerprint density at radius 1 is 0.941 bits per heavy atom. The molecule has 34 heavy (non-hydrogen) atoms. The number of nitrogens with one attached hydrogen (secondary N) is 1. The molecule has 0 spiro atoms. The summed E-state index contributed by atoms with van der Waals surface area (Å²) in [6, 6.07) is 21.5. The number of aromatic nitrogens is 3. The van der Waals surface area contributed by atoms with Gasteiger partial charge in [-0.25, -0.2) is 0 Å². The molecular weight excluding hydrogens is 424 g/mol. The maximum atomic E-state index is 13.4. The number of carbonyl (C=O) groups excluding carboxylic acids is 1. The lowest BCUT2D eigenvalue weighted by molar-refractivity contribution is -0.121. The molecule has 0 saturated carbocycles. The molecule has 0 fully saturated rings. The van der Waals surface area contributed by atoms with Crippen LogP contribution in [0.2, 0.25) is 0 Å². The third-order valence-electron chi connectivity index (χ3n) is 6.73. The highest BCUT2D eigenvalue weighted by atomic mass is 16.5. The molecule has 4 aromatic rings. The fourth-order valence-electron chi connectivity index (χ4n) is 5.14. The van der Waals surface area contributed by atoms with Crippen molar-refractivity contribution in [1.29, 1.82) is 0 Å². The van der Waals surface area contributed by atoms with Crippen molar-refractivity contribution in [2.24, 2.45) is 0 Å². The molecule has 170 valence electrons. The Bertz CT molecular complexity index is 1300. The van der Waals surface area contributed by atoms with Gasteiger partial charge in [-0.15, -0.1) is 0 Å². The lowest BCUT2D eigenvalue weighted by Gasteiger charge is -2.27. The summed E-state index contributed by atoms with van der Waals surface area (Å²) in [6.07, 6.45) is 6.21. The highest BCUT2D eigenvalue weighted by molar-refractivity contribution is 5.89. The van der Waals surface area contributed by atoms with Gasteiger partial charge in [-0.1, -0.05) is 42.5 Å². The van der Waals surface area contributed by atoms with Crippen LogP contribution in [0.15, 0.2) is 72.9 Å². The predicted octanol–water partition coefficient (Wildman–Crippen LogP) is 4.88. The molecule has 3 heterocycles. The van der Waals surface area contributed by atoms with Crippen molar-refractivity contribution in [2.45, 2.75) is 38.1 Å². The maximum Gasteiger partial charge on any atom is 0.232 e. The molecular formula is C28H26N4O2. The Hall–Kier alpha value is -3.93. The first-order valence-electron chi connectivity index (χ1n) is 11.9. The monoisotopic (exact) mass is 450 g/mol. The average Bonchev–Trinajstić information content (AvgIpc) is 3.26. The number of amides is 1. The topological polar surface area (TPSA) is 69.0 Å². The molecule has 1 amide bonds. The van der Waals surface area contributed by atoms with E-state index in [4.69, 9.17) is 9.84 Å². The smallest absolute Gasteiger partial charge is 0.232 e. The normalized spacial score (nSPS) is 14.5. The van der Waals surface area contributed by atoms with Gasteiger partial charge in [0.05, 0.1) is 18.2 Å². The maximum absolute atomic E-state index is 13.4. The Kier molecular flexibility index (Phi) is 5.34. The summed E-state index contributed by atoms with van der Waals surface area (Å²) in [7, 11) is 0. The second kappa shape index (κ2) is 8.78. The van der Waals surface area contributed by atoms with E-state index in [0.717, 1.165) is 46.9 Å². The third-order valence-corrected chi connectivity index (χ3v) is 6.73. The number of carbonyl (C=O) groups is 1. The molecule has 0 saturated heterocycles. The molecule has 6 nitrogen and oxygen atoms in total. The van der Waals surface area contributed by atoms with E-state index in [-0.39, 0.29) is 5.91 Å². The van der Waals surface area contributed by atoms with E-state index < -0.39 is 5.92 Å². The fourth-order valence-corrected chi connectivity index (χ4v) is 5.14. The van der Waals surface area contributed by atoms with Gasteiger partial charge in [0.1, 0.15) is 17.2 Å². The van der Waals surface area contributed by atoms with E-state index >= 15 is 0 Å². The summed E-state index contributed by atoms with van der Waals surface area (Å²) in [5.74, 6) is 1.07. The van der Waals surface area contributed by atoms with E-state index in [2.05, 4.69) is 15.0 Å². The standard InChI is InChI=1S/C28H26N4O2/c33-28(26-20-10-2-5-14-24(20)34-25-15-6-3-11-21(25)26)30-17-18-32-23-13-4-1-9-19(23)27(31-32)22-12-7-8-16-29-22/h2-3,5-8,10-12,14-16,26H,1,4,9,13,17-18H2,(H,30,33). The lowest BCUT2D eigenvalue weighted by atomic mass is 9.87. The third kappa shape index (κ3) is 3.65. The van der Waals surface area contributed by atoms with Crippen molar-refractivity contribution >= 4 is 5.91 Å². The van der Waals surface area contributed by atoms with Crippen LogP contribution in [0.5, 0.6) is 11.5 Å². The average molecular weight is 451 g/mol. The number of para-hydroxylation sites is 2. The largest absolute Gasteiger partial charge is 0.457 e. The number of pyridine rings is 1. The van der Waals surface area contributed by atoms with Crippen molar-refractivity contribution in [3.8, 4) is 22.9 Å². The van der Waals surface area contributed by atoms with E-state index in [0.29, 0.717) is 13.1 Å². The van der Waals surface area contributed by atoms with Crippen LogP contribution in [-0.2, 0) is 24.2 Å². The van der Waals surface area contributed by atoms with Crippen LogP contribution in [0, 0.1) is 0 Å². The molecule has 6 heteroatoms. The minimum atomic E-state index is -0.392. The van der Waals surface area contributed by atoms with Gasteiger partial charge < -0.3 is 10.1 Å². The molecule has 2 aromatic carbocycles. The number of ether oxygens (including phenoxy) is 1. The van der Waals surface area contributed by atoms with Gasteiger partial charge in [0, 0.05) is 35.1 Å². The first-order chi connectivity index (χ1) is 16.8. The summed E-state index contributed by atoms with van der Waals surface area (Å²) >= 11 is 0. The summed E-state index contributed by atoms with van der Waals surface area (Å²) in [6.45, 7) is 1.14. The molecule has 0 atom stereocenters. The van der Waals surface area contributed by atoms with Crippen LogP contribution < -0.4 is 10.1 Å². The van der Waals surface area contributed by atoms with Gasteiger partial charge >= 0.3 is 0 Å². The molecule has 1 aliphatic carbocycles. The minimum absolute atomic E-state index is 0.0193. The van der Waals surface area contributed by atoms with Crippen molar-refractivity contribution in [3.63, 3.8) is 0 Å². The Labute approximate surface area is 198 Å². The molecule has 1 N–H and O–H groups in total. The molecule has 0 bridgehead atoms. The number of nitrogens with zero attached hydrogens (tertiary/aromatic N) is 3. The number of rotatable bonds is 5. The zero-order chi connectivity index (χ0) is 22.9. The highest BCUT2D eigenvalue weighted by Gasteiger charge is 2.32. The Balaban J connectivity index is 1.23. The van der Waals surface area contributed by atoms with Gasteiger partial charge in [0.2, 0.25) is 5.91 Å². The minimum Gasteiger partial charge on any atom is -0.457 e. The van der Waals surface area contributed by atoms with Gasteiger partial charge in [-0.05, 0) is 49.9 Å². The molecule has 0 radical (unpaired) electrons. The molecule has 2 aromatic heterocycles. The SMILES string of the molecule is O=C(NCCn1nc(-c2ccccn2)c2c1CCCC2)C1c2ccccc2Oc2ccccc21. The predicted molar refractivity (Wildman–Crippen MR) is 130 cm³/mol. The zero-order valence-corrected chi connectivity index (χ0v) is 18.9. The Morgan fingerprint density at radius 2 is 1.65 bits per heavy atom. The van der Waals surface area contributed by atoms with Crippen molar-refractivity contribution in [2.75, 3.05) is 6.54 Å². The molecule has 6 rings (SSSR count). The van der Waals surface area contributed by atoms with Crippen LogP contribution in [-0.4, -0.2) is 27.2 Å². The number of fused-ring (bicyclic) bond motifs is 3. The zero-order valence-electron chi connectivity index (χ0n) is 18.9. The van der Waals surface area contributed by atoms with E-state index in [1.807, 2.05) is 72.9 Å². The second-order valence-corrected chi connectivity index (χ2v) is 8.82. The van der Waals surface area contributed by atoms with Crippen LogP contribution in [0.25, 0.3) is 11.4 Å². The van der Waals surface area contributed by atoms with Crippen molar-refractivity contribution in [1.82, 2.24) is 20.1 Å². The molecule has 1 aliphatic heterocycles. The Morgan fingerprint density at radius 3 is 2.38 bits per heavy atom. The summed E-state index contributed by atoms with van der Waals surface area (Å²) in [5.41, 5.74) is 6.28. The van der Waals surface area contributed by atoms with Crippen LogP contribution in [0.4, 0.5) is 0 Å². The highest BCUT2D eigenvalue weighted by Crippen LogP contribution is 2.43. The van der Waals surface area contributed by atoms with Crippen molar-refractivity contribution < 1.29 is 9.53 Å². The van der Waals surface area contributed by atoms with Gasteiger partial charge in [0.15, 0.2) is 0 Å². The summed E-state index contributed by atoms with van der Waals surface area (Å²) in [5, 5.41) is 8.09. The van der Waals surface area contributed by atoms with E-state index in [9.17, 15) is 4.79 Å². The number of benzene rings is 2. The molecule has 2 aliphatic rings. The van der Waals surface area contributed by atoms with Crippen LogP contribution in [0.3, 0.4) is 0 Å². The van der Waals surface area contributed by atoms with Gasteiger partial charge in [0.25, 0.3) is 0 Å². The number of hydrogen-bond donors (Lipinski definition) is 1. The van der Waals surface area contributed by atoms with E-state index in [1.54, 1.807) is 0 Å². The van der Waals surface area contributed by atoms with Gasteiger partial charge in [-0.2, -0.15) is 5.10 Å². The fraction of sp³-hybridized carbons (Fsp3) is 0.250. The first kappa shape index (κ1) is 20.7. The number of hydrogen-bond acceptors (Lipinski definition) is 4. The second-order valence-electron chi connectivity index (χ2n) is 8.82. The van der Waals surface area contributed by atoms with Gasteiger partial charge in [-0.3, -0.25) is 14.5 Å². The lowest BCUT2D eigenvalue weighted by Crippen LogP contribution is -2.34. The first-order valence-corrected chi connectivity index (χ1v) is 11.9. The van der Waals surface area contributed by atoms with Crippen LogP contribution in [0.1, 0.15) is 41.1 Å². The molecule has 0 unspecified atom stereocenters. The van der Waals surface area contributed by atoms with Crippen molar-refractivity contribution in [3.05, 3.63) is 95.3 Å². The van der Waals surface area contributed by atoms with E-state index in [1.165, 1.54) is 24.1 Å². The quantitative estimate of drug-likeness (QED) is 0.471. The van der Waals surface area contributed by atoms with Crippen LogP contribution >= 0.6 is 0 Å². The summed E-state index contributed by atoms with van der Waals surface area (Å²) in [4.78, 5) is 17.9. The summed E-state index contributed by atoms with van der Waals surface area (Å²) < 4.78 is 8.11.